The monoisotopic (exact) mass is 260 g/mol. The van der Waals surface area contributed by atoms with Crippen molar-refractivity contribution < 1.29 is 0 Å². The van der Waals surface area contributed by atoms with Crippen molar-refractivity contribution in [3.8, 4) is 0 Å². The van der Waals surface area contributed by atoms with Crippen molar-refractivity contribution in [3.63, 3.8) is 0 Å². The molecule has 0 radical (unpaired) electrons. The van der Waals surface area contributed by atoms with Crippen LogP contribution in [-0.4, -0.2) is 19.7 Å². The predicted octanol–water partition coefficient (Wildman–Crippen LogP) is 1.62. The van der Waals surface area contributed by atoms with Crippen LogP contribution in [-0.2, 0) is 13.6 Å². The van der Waals surface area contributed by atoms with E-state index in [0.29, 0.717) is 18.3 Å². The number of hydrogen-bond donors (Lipinski definition) is 2. The average molecular weight is 260 g/mol. The van der Waals surface area contributed by atoms with E-state index in [1.54, 1.807) is 22.2 Å². The maximum absolute atomic E-state index is 5.86. The zero-order valence-corrected chi connectivity index (χ0v) is 10.6. The van der Waals surface area contributed by atoms with Gasteiger partial charge in [0, 0.05) is 30.7 Å². The molecular weight excluding hydrogens is 248 g/mol. The van der Waals surface area contributed by atoms with Crippen LogP contribution < -0.4 is 11.1 Å². The van der Waals surface area contributed by atoms with Gasteiger partial charge in [-0.3, -0.25) is 4.68 Å². The molecule has 0 amide bonds. The van der Waals surface area contributed by atoms with E-state index in [0.717, 1.165) is 15.8 Å². The molecule has 3 rings (SSSR count). The average Bonchev–Trinajstić information content (AvgIpc) is 2.96. The summed E-state index contributed by atoms with van der Waals surface area (Å²) >= 11 is 1.60. The van der Waals surface area contributed by atoms with E-state index in [1.807, 2.05) is 24.7 Å². The van der Waals surface area contributed by atoms with Crippen LogP contribution >= 0.6 is 11.3 Å². The Morgan fingerprint density at radius 2 is 2.33 bits per heavy atom. The van der Waals surface area contributed by atoms with E-state index >= 15 is 0 Å². The number of aromatic nitrogens is 4. The first kappa shape index (κ1) is 11.0. The van der Waals surface area contributed by atoms with E-state index in [2.05, 4.69) is 20.4 Å². The lowest BCUT2D eigenvalue weighted by molar-refractivity contribution is 0.778. The number of nitrogen functional groups attached to an aromatic ring is 1. The number of anilines is 2. The molecule has 0 saturated carbocycles. The molecule has 3 aromatic heterocycles. The lowest BCUT2D eigenvalue weighted by Gasteiger charge is -2.03. The molecule has 18 heavy (non-hydrogen) atoms. The minimum atomic E-state index is 0.566. The van der Waals surface area contributed by atoms with E-state index in [-0.39, 0.29) is 0 Å². The minimum absolute atomic E-state index is 0.566. The van der Waals surface area contributed by atoms with Crippen molar-refractivity contribution in [2.24, 2.45) is 7.05 Å². The normalized spacial score (nSPS) is 10.9. The number of nitrogens with one attached hydrogen (secondary N) is 1. The first-order chi connectivity index (χ1) is 8.74. The molecule has 6 nitrogen and oxygen atoms in total. The highest BCUT2D eigenvalue weighted by Crippen LogP contribution is 2.19. The van der Waals surface area contributed by atoms with Crippen LogP contribution in [0.25, 0.3) is 10.2 Å². The van der Waals surface area contributed by atoms with Gasteiger partial charge in [-0.25, -0.2) is 9.97 Å². The third kappa shape index (κ3) is 1.88. The summed E-state index contributed by atoms with van der Waals surface area (Å²) in [5.74, 6) is 1.26. The zero-order valence-electron chi connectivity index (χ0n) is 9.79. The van der Waals surface area contributed by atoms with Gasteiger partial charge in [0.1, 0.15) is 10.6 Å². The minimum Gasteiger partial charge on any atom is -0.384 e. The number of fused-ring (bicyclic) bond motifs is 1. The molecule has 0 atom stereocenters. The molecule has 0 saturated heterocycles. The number of thiophene rings is 1. The molecule has 92 valence electrons. The lowest BCUT2D eigenvalue weighted by atomic mass is 10.3. The second-order valence-electron chi connectivity index (χ2n) is 3.91. The number of nitrogens with two attached hydrogens (primary N) is 1. The van der Waals surface area contributed by atoms with Crippen molar-refractivity contribution >= 4 is 33.3 Å². The SMILES string of the molecule is Cn1ncc(CNc2ncc3ccsc3n2)c1N. The summed E-state index contributed by atoms with van der Waals surface area (Å²) in [7, 11) is 1.81. The molecule has 0 aliphatic rings. The van der Waals surface area contributed by atoms with Crippen molar-refractivity contribution in [2.75, 3.05) is 11.1 Å². The standard InChI is InChI=1S/C11H12N6S/c1-17-9(12)8(6-15-17)5-14-11-13-4-7-2-3-18-10(7)16-11/h2-4,6H,5,12H2,1H3,(H,13,14,16). The smallest absolute Gasteiger partial charge is 0.224 e. The van der Waals surface area contributed by atoms with Crippen LogP contribution in [0.15, 0.2) is 23.8 Å². The van der Waals surface area contributed by atoms with E-state index in [1.165, 1.54) is 0 Å². The lowest BCUT2D eigenvalue weighted by Crippen LogP contribution is -2.06. The van der Waals surface area contributed by atoms with Crippen molar-refractivity contribution in [3.05, 3.63) is 29.4 Å². The van der Waals surface area contributed by atoms with Gasteiger partial charge in [0.15, 0.2) is 0 Å². The largest absolute Gasteiger partial charge is 0.384 e. The van der Waals surface area contributed by atoms with Gasteiger partial charge in [-0.2, -0.15) is 5.10 Å². The Bertz CT molecular complexity index is 686. The Kier molecular flexibility index (Phi) is 2.60. The molecule has 3 heterocycles. The molecule has 0 unspecified atom stereocenters. The third-order valence-corrected chi connectivity index (χ3v) is 3.53. The van der Waals surface area contributed by atoms with Gasteiger partial charge in [0.2, 0.25) is 5.95 Å². The summed E-state index contributed by atoms with van der Waals surface area (Å²) in [5, 5.41) is 10.3. The molecule has 0 fully saturated rings. The summed E-state index contributed by atoms with van der Waals surface area (Å²) in [6.45, 7) is 0.566. The summed E-state index contributed by atoms with van der Waals surface area (Å²) in [6.07, 6.45) is 3.56. The van der Waals surface area contributed by atoms with Crippen LogP contribution in [0.2, 0.25) is 0 Å². The Balaban J connectivity index is 1.78. The van der Waals surface area contributed by atoms with Crippen LogP contribution in [0.3, 0.4) is 0 Å². The van der Waals surface area contributed by atoms with Gasteiger partial charge >= 0.3 is 0 Å². The summed E-state index contributed by atoms with van der Waals surface area (Å²) in [4.78, 5) is 9.64. The highest BCUT2D eigenvalue weighted by Gasteiger charge is 2.05. The molecule has 0 aliphatic heterocycles. The van der Waals surface area contributed by atoms with Crippen LogP contribution in [0.4, 0.5) is 11.8 Å². The van der Waals surface area contributed by atoms with E-state index in [9.17, 15) is 0 Å². The van der Waals surface area contributed by atoms with Crippen molar-refractivity contribution in [1.29, 1.82) is 0 Å². The molecule has 3 N–H and O–H groups in total. The fourth-order valence-electron chi connectivity index (χ4n) is 1.64. The topological polar surface area (TPSA) is 81.7 Å². The van der Waals surface area contributed by atoms with Gasteiger partial charge in [-0.1, -0.05) is 0 Å². The van der Waals surface area contributed by atoms with Crippen molar-refractivity contribution in [2.45, 2.75) is 6.54 Å². The third-order valence-electron chi connectivity index (χ3n) is 2.71. The highest BCUT2D eigenvalue weighted by molar-refractivity contribution is 7.16. The number of hydrogen-bond acceptors (Lipinski definition) is 6. The molecule has 0 spiro atoms. The Morgan fingerprint density at radius 1 is 1.44 bits per heavy atom. The predicted molar refractivity (Wildman–Crippen MR) is 72.4 cm³/mol. The molecule has 3 aromatic rings. The van der Waals surface area contributed by atoms with Crippen LogP contribution in [0.1, 0.15) is 5.56 Å². The Morgan fingerprint density at radius 3 is 3.11 bits per heavy atom. The van der Waals surface area contributed by atoms with Gasteiger partial charge < -0.3 is 11.1 Å². The van der Waals surface area contributed by atoms with Gasteiger partial charge in [0.05, 0.1) is 6.20 Å². The molecule has 0 aromatic carbocycles. The summed E-state index contributed by atoms with van der Waals surface area (Å²) < 4.78 is 1.64. The van der Waals surface area contributed by atoms with Gasteiger partial charge in [0.25, 0.3) is 0 Å². The molecular formula is C11H12N6S. The number of nitrogens with zero attached hydrogens (tertiary/aromatic N) is 4. The highest BCUT2D eigenvalue weighted by atomic mass is 32.1. The van der Waals surface area contributed by atoms with Gasteiger partial charge in [-0.05, 0) is 11.4 Å². The first-order valence-electron chi connectivity index (χ1n) is 5.44. The maximum atomic E-state index is 5.86. The molecule has 0 bridgehead atoms. The first-order valence-corrected chi connectivity index (χ1v) is 6.32. The van der Waals surface area contributed by atoms with Crippen LogP contribution in [0.5, 0.6) is 0 Å². The number of aryl methyl sites for hydroxylation is 1. The number of rotatable bonds is 3. The summed E-state index contributed by atoms with van der Waals surface area (Å²) in [6, 6.07) is 2.00. The molecule has 7 heteroatoms. The van der Waals surface area contributed by atoms with E-state index < -0.39 is 0 Å². The Hall–Kier alpha value is -2.15. The molecule has 0 aliphatic carbocycles. The summed E-state index contributed by atoms with van der Waals surface area (Å²) in [5.41, 5.74) is 6.80. The van der Waals surface area contributed by atoms with E-state index in [4.69, 9.17) is 5.73 Å². The fraction of sp³-hybridized carbons (Fsp3) is 0.182. The van der Waals surface area contributed by atoms with Crippen molar-refractivity contribution in [1.82, 2.24) is 19.7 Å². The second-order valence-corrected chi connectivity index (χ2v) is 4.80. The second kappa shape index (κ2) is 4.26. The van der Waals surface area contributed by atoms with Gasteiger partial charge in [-0.15, -0.1) is 11.3 Å². The zero-order chi connectivity index (χ0) is 12.5. The fourth-order valence-corrected chi connectivity index (χ4v) is 2.38. The quantitative estimate of drug-likeness (QED) is 0.748. The Labute approximate surface area is 107 Å². The van der Waals surface area contributed by atoms with Crippen LogP contribution in [0, 0.1) is 0 Å². The maximum Gasteiger partial charge on any atom is 0.224 e.